The minimum absolute atomic E-state index is 0.264. The van der Waals surface area contributed by atoms with Crippen molar-refractivity contribution in [3.05, 3.63) is 87.9 Å². The molecule has 2 N–H and O–H groups in total. The highest BCUT2D eigenvalue weighted by Crippen LogP contribution is 2.29. The van der Waals surface area contributed by atoms with Gasteiger partial charge in [-0.05, 0) is 73.2 Å². The quantitative estimate of drug-likeness (QED) is 0.324. The van der Waals surface area contributed by atoms with Crippen molar-refractivity contribution in [2.75, 3.05) is 23.9 Å². The Morgan fingerprint density at radius 1 is 1.05 bits per heavy atom. The summed E-state index contributed by atoms with van der Waals surface area (Å²) in [4.78, 5) is 51.6. The van der Waals surface area contributed by atoms with Crippen LogP contribution in [-0.2, 0) is 14.4 Å². The summed E-state index contributed by atoms with van der Waals surface area (Å²) < 4.78 is 11.5. The van der Waals surface area contributed by atoms with E-state index in [4.69, 9.17) is 9.47 Å². The number of carbonyl (C=O) groups excluding carboxylic acids is 4. The monoisotopic (exact) mass is 563 g/mol. The van der Waals surface area contributed by atoms with Crippen LogP contribution in [0.25, 0.3) is 6.08 Å². The van der Waals surface area contributed by atoms with E-state index >= 15 is 0 Å². The number of halogens is 1. The number of nitrogens with zero attached hydrogens (tertiary/aromatic N) is 1. The number of carbonyl (C=O) groups is 4. The van der Waals surface area contributed by atoms with Crippen molar-refractivity contribution in [2.45, 2.75) is 6.92 Å². The Hall–Kier alpha value is -4.44. The predicted molar refractivity (Wildman–Crippen MR) is 141 cm³/mol. The molecule has 0 bridgehead atoms. The molecule has 0 unspecified atom stereocenters. The third-order valence-corrected chi connectivity index (χ3v) is 5.86. The molecule has 0 aromatic heterocycles. The second-order valence-corrected chi connectivity index (χ2v) is 8.96. The summed E-state index contributed by atoms with van der Waals surface area (Å²) in [5.74, 6) is -1.22. The molecule has 1 aliphatic heterocycles. The van der Waals surface area contributed by atoms with E-state index in [-0.39, 0.29) is 29.5 Å². The number of aryl methyl sites for hydroxylation is 1. The van der Waals surface area contributed by atoms with Gasteiger partial charge < -0.3 is 14.8 Å². The standard InChI is InChI=1S/C27H22BrN3O6/c1-16-4-3-5-19(12-16)29-24(32)15-37-23-11-6-18(28)13-17(23)14-22-25(33)30-27(35)31(26(22)34)20-7-9-21(36-2)10-8-20/h3-14H,15H2,1-2H3,(H,29,32)(H,30,33,35)/b22-14+. The number of nitrogens with one attached hydrogen (secondary N) is 2. The number of urea groups is 1. The summed E-state index contributed by atoms with van der Waals surface area (Å²) in [6.45, 7) is 1.61. The van der Waals surface area contributed by atoms with Crippen molar-refractivity contribution in [3.63, 3.8) is 0 Å². The van der Waals surface area contributed by atoms with Crippen molar-refractivity contribution in [1.29, 1.82) is 0 Å². The van der Waals surface area contributed by atoms with Gasteiger partial charge in [-0.25, -0.2) is 9.69 Å². The highest BCUT2D eigenvalue weighted by atomic mass is 79.9. The molecule has 9 nitrogen and oxygen atoms in total. The highest BCUT2D eigenvalue weighted by Gasteiger charge is 2.37. The van der Waals surface area contributed by atoms with Gasteiger partial charge in [0.05, 0.1) is 12.8 Å². The zero-order chi connectivity index (χ0) is 26.5. The van der Waals surface area contributed by atoms with Crippen molar-refractivity contribution in [1.82, 2.24) is 5.32 Å². The highest BCUT2D eigenvalue weighted by molar-refractivity contribution is 9.10. The molecule has 0 saturated carbocycles. The Balaban J connectivity index is 1.57. The average molecular weight is 564 g/mol. The van der Waals surface area contributed by atoms with Gasteiger partial charge in [-0.1, -0.05) is 28.1 Å². The van der Waals surface area contributed by atoms with E-state index in [1.807, 2.05) is 25.1 Å². The van der Waals surface area contributed by atoms with Gasteiger partial charge in [0.25, 0.3) is 17.7 Å². The van der Waals surface area contributed by atoms with Crippen molar-refractivity contribution in [2.24, 2.45) is 0 Å². The van der Waals surface area contributed by atoms with Crippen LogP contribution in [0.3, 0.4) is 0 Å². The van der Waals surface area contributed by atoms with Crippen LogP contribution < -0.4 is 25.0 Å². The number of methoxy groups -OCH3 is 1. The Kier molecular flexibility index (Phi) is 7.69. The molecule has 3 aromatic carbocycles. The lowest BCUT2D eigenvalue weighted by molar-refractivity contribution is -0.122. The van der Waals surface area contributed by atoms with Crippen LogP contribution in [0.2, 0.25) is 0 Å². The summed E-state index contributed by atoms with van der Waals surface area (Å²) in [7, 11) is 1.50. The maximum absolute atomic E-state index is 13.2. The smallest absolute Gasteiger partial charge is 0.335 e. The Labute approximate surface area is 221 Å². The second-order valence-electron chi connectivity index (χ2n) is 8.04. The van der Waals surface area contributed by atoms with Crippen LogP contribution in [0.1, 0.15) is 11.1 Å². The van der Waals surface area contributed by atoms with Crippen molar-refractivity contribution in [3.8, 4) is 11.5 Å². The number of imide groups is 2. The summed E-state index contributed by atoms with van der Waals surface area (Å²) in [6, 6.07) is 17.7. The van der Waals surface area contributed by atoms with Gasteiger partial charge in [0, 0.05) is 15.7 Å². The normalized spacial score (nSPS) is 14.4. The van der Waals surface area contributed by atoms with E-state index in [1.54, 1.807) is 36.4 Å². The largest absolute Gasteiger partial charge is 0.497 e. The molecule has 1 fully saturated rings. The number of benzene rings is 3. The third kappa shape index (κ3) is 6.04. The molecular formula is C27H22BrN3O6. The fourth-order valence-corrected chi connectivity index (χ4v) is 3.98. The summed E-state index contributed by atoms with van der Waals surface area (Å²) >= 11 is 3.37. The van der Waals surface area contributed by atoms with E-state index in [1.165, 1.54) is 25.3 Å². The molecule has 1 aliphatic rings. The number of anilines is 2. The first-order valence-electron chi connectivity index (χ1n) is 11.1. The molecule has 0 aliphatic carbocycles. The van der Waals surface area contributed by atoms with Crippen LogP contribution in [0.4, 0.5) is 16.2 Å². The fourth-order valence-electron chi connectivity index (χ4n) is 3.61. The first-order chi connectivity index (χ1) is 17.7. The predicted octanol–water partition coefficient (Wildman–Crippen LogP) is 4.45. The van der Waals surface area contributed by atoms with E-state index < -0.39 is 17.8 Å². The van der Waals surface area contributed by atoms with Crippen LogP contribution >= 0.6 is 15.9 Å². The number of rotatable bonds is 7. The topological polar surface area (TPSA) is 114 Å². The molecule has 188 valence electrons. The molecule has 5 amide bonds. The molecule has 0 radical (unpaired) electrons. The molecule has 0 spiro atoms. The van der Waals surface area contributed by atoms with Gasteiger partial charge in [-0.15, -0.1) is 0 Å². The number of amides is 5. The van der Waals surface area contributed by atoms with Crippen molar-refractivity contribution < 1.29 is 28.7 Å². The molecule has 1 saturated heterocycles. The van der Waals surface area contributed by atoms with E-state index in [2.05, 4.69) is 26.6 Å². The third-order valence-electron chi connectivity index (χ3n) is 5.36. The van der Waals surface area contributed by atoms with Crippen LogP contribution in [0, 0.1) is 6.92 Å². The minimum Gasteiger partial charge on any atom is -0.497 e. The van der Waals surface area contributed by atoms with Crippen LogP contribution in [-0.4, -0.2) is 37.5 Å². The van der Waals surface area contributed by atoms with E-state index in [0.29, 0.717) is 21.5 Å². The molecule has 4 rings (SSSR count). The van der Waals surface area contributed by atoms with Gasteiger partial charge >= 0.3 is 6.03 Å². The Morgan fingerprint density at radius 2 is 1.81 bits per heavy atom. The zero-order valence-corrected chi connectivity index (χ0v) is 21.5. The molecule has 10 heteroatoms. The minimum atomic E-state index is -0.865. The lowest BCUT2D eigenvalue weighted by Crippen LogP contribution is -2.54. The average Bonchev–Trinajstić information content (AvgIpc) is 2.86. The van der Waals surface area contributed by atoms with Crippen LogP contribution in [0.5, 0.6) is 11.5 Å². The molecule has 37 heavy (non-hydrogen) atoms. The van der Waals surface area contributed by atoms with E-state index in [0.717, 1.165) is 10.5 Å². The number of barbiturate groups is 1. The Morgan fingerprint density at radius 3 is 2.51 bits per heavy atom. The SMILES string of the molecule is COc1ccc(N2C(=O)NC(=O)/C(=C\c3cc(Br)ccc3OCC(=O)Nc3cccc(C)c3)C2=O)cc1. The summed E-state index contributed by atoms with van der Waals surface area (Å²) in [5, 5.41) is 4.94. The number of hydrogen-bond donors (Lipinski definition) is 2. The molecular weight excluding hydrogens is 542 g/mol. The maximum atomic E-state index is 13.2. The van der Waals surface area contributed by atoms with Gasteiger partial charge in [-0.3, -0.25) is 19.7 Å². The lowest BCUT2D eigenvalue weighted by atomic mass is 10.1. The van der Waals surface area contributed by atoms with E-state index in [9.17, 15) is 19.2 Å². The summed E-state index contributed by atoms with van der Waals surface area (Å²) in [6.07, 6.45) is 1.32. The number of hydrogen-bond acceptors (Lipinski definition) is 6. The molecule has 1 heterocycles. The van der Waals surface area contributed by atoms with Gasteiger partial charge in [0.1, 0.15) is 17.1 Å². The van der Waals surface area contributed by atoms with Gasteiger partial charge in [0.2, 0.25) is 0 Å². The van der Waals surface area contributed by atoms with Crippen LogP contribution in [0.15, 0.2) is 76.8 Å². The van der Waals surface area contributed by atoms with Crippen molar-refractivity contribution >= 4 is 57.1 Å². The first kappa shape index (κ1) is 25.6. The fraction of sp³-hybridized carbons (Fsp3) is 0.111. The summed E-state index contributed by atoms with van der Waals surface area (Å²) in [5.41, 5.74) is 1.99. The van der Waals surface area contributed by atoms with Gasteiger partial charge in [-0.2, -0.15) is 0 Å². The maximum Gasteiger partial charge on any atom is 0.335 e. The first-order valence-corrected chi connectivity index (χ1v) is 11.9. The lowest BCUT2D eigenvalue weighted by Gasteiger charge is -2.26. The molecule has 3 aromatic rings. The second kappa shape index (κ2) is 11.1. The molecule has 0 atom stereocenters. The number of ether oxygens (including phenoxy) is 2. The Bertz CT molecular complexity index is 1420. The van der Waals surface area contributed by atoms with Gasteiger partial charge in [0.15, 0.2) is 6.61 Å². The zero-order valence-electron chi connectivity index (χ0n) is 19.9.